The van der Waals surface area contributed by atoms with E-state index in [4.69, 9.17) is 9.47 Å². The summed E-state index contributed by atoms with van der Waals surface area (Å²) >= 11 is 0. The molecule has 0 bridgehead atoms. The number of benzene rings is 1. The van der Waals surface area contributed by atoms with Crippen molar-refractivity contribution < 1.29 is 19.4 Å². The molecule has 0 aliphatic carbocycles. The molecule has 0 radical (unpaired) electrons. The molecule has 1 atom stereocenters. The summed E-state index contributed by atoms with van der Waals surface area (Å²) in [7, 11) is 0. The van der Waals surface area contributed by atoms with Crippen LogP contribution in [0.3, 0.4) is 0 Å². The average Bonchev–Trinajstić information content (AvgIpc) is 2.68. The van der Waals surface area contributed by atoms with E-state index in [-0.39, 0.29) is 24.4 Å². The number of hydrogen-bond donors (Lipinski definition) is 2. The summed E-state index contributed by atoms with van der Waals surface area (Å²) in [5, 5.41) is 12.7. The summed E-state index contributed by atoms with van der Waals surface area (Å²) in [4.78, 5) is 12.3. The average molecular weight is 265 g/mol. The van der Waals surface area contributed by atoms with Crippen LogP contribution in [0.15, 0.2) is 18.2 Å². The molecular weight excluding hydrogens is 246 g/mol. The fourth-order valence-electron chi connectivity index (χ4n) is 2.34. The van der Waals surface area contributed by atoms with E-state index in [0.717, 1.165) is 0 Å². The molecule has 0 saturated carbocycles. The Balaban J connectivity index is 2.45. The topological polar surface area (TPSA) is 67.8 Å². The molecule has 0 aromatic heterocycles. The number of phenolic OH excluding ortho intramolecular Hbond substituents is 1. The number of fused-ring (bicyclic) bond motifs is 1. The van der Waals surface area contributed by atoms with Crippen LogP contribution in [0.2, 0.25) is 0 Å². The summed E-state index contributed by atoms with van der Waals surface area (Å²) in [5.74, 6) is 0.275. The van der Waals surface area contributed by atoms with Gasteiger partial charge in [-0.2, -0.15) is 0 Å². The second-order valence-corrected chi connectivity index (χ2v) is 4.89. The molecule has 1 aliphatic rings. The van der Waals surface area contributed by atoms with Crippen molar-refractivity contribution in [2.24, 2.45) is 0 Å². The predicted octanol–water partition coefficient (Wildman–Crippen LogP) is 1.54. The molecule has 1 aliphatic heterocycles. The Morgan fingerprint density at radius 3 is 2.95 bits per heavy atom. The van der Waals surface area contributed by atoms with E-state index in [0.29, 0.717) is 17.9 Å². The number of aromatic hydroxyl groups is 1. The molecular formula is C14H19NO4. The lowest BCUT2D eigenvalue weighted by Crippen LogP contribution is -2.54. The van der Waals surface area contributed by atoms with Crippen molar-refractivity contribution in [3.05, 3.63) is 23.8 Å². The molecule has 2 N–H and O–H groups in total. The van der Waals surface area contributed by atoms with E-state index in [2.05, 4.69) is 5.32 Å². The van der Waals surface area contributed by atoms with Gasteiger partial charge in [-0.15, -0.1) is 0 Å². The fraction of sp³-hybridized carbons (Fsp3) is 0.500. The van der Waals surface area contributed by atoms with Gasteiger partial charge in [-0.25, -0.2) is 4.79 Å². The first-order valence-corrected chi connectivity index (χ1v) is 6.41. The Kier molecular flexibility index (Phi) is 3.66. The zero-order valence-corrected chi connectivity index (χ0v) is 11.4. The number of rotatable bonds is 4. The van der Waals surface area contributed by atoms with E-state index in [9.17, 15) is 9.90 Å². The predicted molar refractivity (Wildman–Crippen MR) is 70.2 cm³/mol. The van der Waals surface area contributed by atoms with Gasteiger partial charge >= 0.3 is 5.97 Å². The van der Waals surface area contributed by atoms with Crippen molar-refractivity contribution in [1.82, 2.24) is 5.32 Å². The largest absolute Gasteiger partial charge is 0.508 e. The van der Waals surface area contributed by atoms with Gasteiger partial charge in [0.05, 0.1) is 6.61 Å². The molecule has 19 heavy (non-hydrogen) atoms. The molecule has 1 aromatic rings. The number of phenols is 1. The minimum atomic E-state index is -0.993. The van der Waals surface area contributed by atoms with Gasteiger partial charge in [0.15, 0.2) is 5.54 Å². The highest BCUT2D eigenvalue weighted by atomic mass is 16.5. The van der Waals surface area contributed by atoms with E-state index < -0.39 is 5.54 Å². The number of hydrogen-bond acceptors (Lipinski definition) is 5. The number of esters is 1. The molecule has 0 amide bonds. The monoisotopic (exact) mass is 265 g/mol. The first-order chi connectivity index (χ1) is 8.99. The zero-order chi connectivity index (χ0) is 14.0. The molecule has 0 fully saturated rings. The van der Waals surface area contributed by atoms with Crippen LogP contribution in [0.1, 0.15) is 26.3 Å². The molecule has 5 nitrogen and oxygen atoms in total. The normalized spacial score (nSPS) is 21.1. The van der Waals surface area contributed by atoms with Crippen molar-refractivity contribution in [2.45, 2.75) is 32.4 Å². The molecule has 1 unspecified atom stereocenters. The van der Waals surface area contributed by atoms with Crippen LogP contribution in [0.5, 0.6) is 11.5 Å². The summed E-state index contributed by atoms with van der Waals surface area (Å²) in [6.07, 6.45) is 0. The Labute approximate surface area is 112 Å². The minimum absolute atomic E-state index is 0.0905. The van der Waals surface area contributed by atoms with Gasteiger partial charge in [0.25, 0.3) is 0 Å². The second-order valence-electron chi connectivity index (χ2n) is 4.89. The highest BCUT2D eigenvalue weighted by Crippen LogP contribution is 2.40. The van der Waals surface area contributed by atoms with Crippen molar-refractivity contribution in [3.8, 4) is 11.5 Å². The smallest absolute Gasteiger partial charge is 0.334 e. The standard InChI is InChI=1S/C14H19NO4/c1-4-18-13(17)14(15-9(2)3)8-19-12-7-10(16)5-6-11(12)14/h5-7,9,15-16H,4,8H2,1-3H3. The van der Waals surface area contributed by atoms with Crippen molar-refractivity contribution >= 4 is 5.97 Å². The van der Waals surface area contributed by atoms with Gasteiger partial charge in [-0.05, 0) is 32.9 Å². The van der Waals surface area contributed by atoms with Crippen molar-refractivity contribution in [3.63, 3.8) is 0 Å². The van der Waals surface area contributed by atoms with E-state index >= 15 is 0 Å². The molecule has 1 aromatic carbocycles. The third-order valence-corrected chi connectivity index (χ3v) is 3.03. The lowest BCUT2D eigenvalue weighted by molar-refractivity contribution is -0.152. The third-order valence-electron chi connectivity index (χ3n) is 3.03. The lowest BCUT2D eigenvalue weighted by Gasteiger charge is -2.29. The lowest BCUT2D eigenvalue weighted by atomic mass is 9.91. The first kappa shape index (κ1) is 13.7. The third kappa shape index (κ3) is 2.38. The van der Waals surface area contributed by atoms with E-state index in [1.807, 2.05) is 13.8 Å². The highest BCUT2D eigenvalue weighted by molar-refractivity contribution is 5.85. The van der Waals surface area contributed by atoms with Gasteiger partial charge in [0, 0.05) is 17.7 Å². The molecule has 2 rings (SSSR count). The van der Waals surface area contributed by atoms with Gasteiger partial charge in [0.1, 0.15) is 18.1 Å². The molecule has 0 saturated heterocycles. The second kappa shape index (κ2) is 5.09. The Morgan fingerprint density at radius 2 is 2.32 bits per heavy atom. The van der Waals surface area contributed by atoms with Crippen LogP contribution < -0.4 is 10.1 Å². The van der Waals surface area contributed by atoms with Gasteiger partial charge in [-0.3, -0.25) is 5.32 Å². The van der Waals surface area contributed by atoms with Gasteiger partial charge < -0.3 is 14.6 Å². The molecule has 104 valence electrons. The van der Waals surface area contributed by atoms with Crippen LogP contribution >= 0.6 is 0 Å². The molecule has 1 heterocycles. The zero-order valence-electron chi connectivity index (χ0n) is 11.4. The molecule has 0 spiro atoms. The Bertz CT molecular complexity index is 486. The van der Waals surface area contributed by atoms with Gasteiger partial charge in [-0.1, -0.05) is 0 Å². The number of nitrogens with one attached hydrogen (secondary N) is 1. The van der Waals surface area contributed by atoms with Crippen LogP contribution in [-0.2, 0) is 15.1 Å². The summed E-state index contributed by atoms with van der Waals surface area (Å²) in [6, 6.07) is 4.85. The number of carbonyl (C=O) groups excluding carboxylic acids is 1. The maximum absolute atomic E-state index is 12.3. The maximum atomic E-state index is 12.3. The fourth-order valence-corrected chi connectivity index (χ4v) is 2.34. The highest BCUT2D eigenvalue weighted by Gasteiger charge is 2.49. The minimum Gasteiger partial charge on any atom is -0.508 e. The van der Waals surface area contributed by atoms with E-state index in [1.165, 1.54) is 6.07 Å². The van der Waals surface area contributed by atoms with Crippen LogP contribution in [0.25, 0.3) is 0 Å². The quantitative estimate of drug-likeness (QED) is 0.808. The van der Waals surface area contributed by atoms with Crippen LogP contribution in [0, 0.1) is 0 Å². The maximum Gasteiger partial charge on any atom is 0.334 e. The summed E-state index contributed by atoms with van der Waals surface area (Å²) in [5.41, 5.74) is -0.287. The van der Waals surface area contributed by atoms with Crippen molar-refractivity contribution in [1.29, 1.82) is 0 Å². The summed E-state index contributed by atoms with van der Waals surface area (Å²) < 4.78 is 10.7. The molecule has 5 heteroatoms. The number of carbonyl (C=O) groups is 1. The van der Waals surface area contributed by atoms with Crippen LogP contribution in [-0.4, -0.2) is 30.3 Å². The Morgan fingerprint density at radius 1 is 1.58 bits per heavy atom. The number of ether oxygens (including phenoxy) is 2. The first-order valence-electron chi connectivity index (χ1n) is 6.41. The van der Waals surface area contributed by atoms with Crippen LogP contribution in [0.4, 0.5) is 0 Å². The Hall–Kier alpha value is -1.75. The van der Waals surface area contributed by atoms with Gasteiger partial charge in [0.2, 0.25) is 0 Å². The van der Waals surface area contributed by atoms with Crippen molar-refractivity contribution in [2.75, 3.05) is 13.2 Å². The SMILES string of the molecule is CCOC(=O)C1(NC(C)C)COc2cc(O)ccc21. The summed E-state index contributed by atoms with van der Waals surface area (Å²) in [6.45, 7) is 6.17. The van der Waals surface area contributed by atoms with E-state index in [1.54, 1.807) is 19.1 Å².